The van der Waals surface area contributed by atoms with Gasteiger partial charge in [0, 0.05) is 28.3 Å². The summed E-state index contributed by atoms with van der Waals surface area (Å²) in [6, 6.07) is 18.2. The third-order valence-corrected chi connectivity index (χ3v) is 9.17. The zero-order valence-electron chi connectivity index (χ0n) is 21.5. The highest BCUT2D eigenvalue weighted by atomic mass is 35.5. The summed E-state index contributed by atoms with van der Waals surface area (Å²) in [4.78, 5) is 16.3. The summed E-state index contributed by atoms with van der Waals surface area (Å²) in [5, 5.41) is 11.1. The maximum Gasteiger partial charge on any atom is 0.161 e. The lowest BCUT2D eigenvalue weighted by atomic mass is 9.73. The Kier molecular flexibility index (Phi) is 7.77. The van der Waals surface area contributed by atoms with Gasteiger partial charge in [-0.25, -0.2) is 4.39 Å². The lowest BCUT2D eigenvalue weighted by Gasteiger charge is -2.40. The number of rotatable bonds is 5. The van der Waals surface area contributed by atoms with Crippen molar-refractivity contribution in [2.24, 2.45) is 5.73 Å². The molecule has 5 rings (SSSR count). The van der Waals surface area contributed by atoms with E-state index >= 15 is 0 Å². The molecule has 1 unspecified atom stereocenters. The molecule has 39 heavy (non-hydrogen) atoms. The number of hydrogen-bond donors (Lipinski definition) is 1. The van der Waals surface area contributed by atoms with Crippen LogP contribution in [0.2, 0.25) is 10.0 Å². The topological polar surface area (TPSA) is 70.1 Å². The normalized spacial score (nSPS) is 17.4. The number of allylic oxidation sites excluding steroid dienone is 3. The summed E-state index contributed by atoms with van der Waals surface area (Å²) in [7, 11) is 0. The van der Waals surface area contributed by atoms with Gasteiger partial charge in [0.15, 0.2) is 5.78 Å². The first-order chi connectivity index (χ1) is 18.7. The Bertz CT molecular complexity index is 1590. The SMILES string of the molecule is Cc1cc(CSc2ccc(F)cc2)c(C)c(C2C(C#N)=C(N)N(c3cccc(Cl)c3Cl)C3=C2C(=O)CCC3)c1. The van der Waals surface area contributed by atoms with Crippen LogP contribution in [0.3, 0.4) is 0 Å². The number of hydrogen-bond acceptors (Lipinski definition) is 5. The van der Waals surface area contributed by atoms with Crippen LogP contribution < -0.4 is 10.6 Å². The number of benzene rings is 3. The second kappa shape index (κ2) is 11.1. The number of halogens is 3. The fourth-order valence-corrected chi connectivity index (χ4v) is 6.77. The van der Waals surface area contributed by atoms with E-state index in [0.717, 1.165) is 32.8 Å². The number of ketones is 1. The van der Waals surface area contributed by atoms with Gasteiger partial charge in [0.1, 0.15) is 11.6 Å². The second-order valence-electron chi connectivity index (χ2n) is 9.77. The molecule has 0 fully saturated rings. The lowest BCUT2D eigenvalue weighted by molar-refractivity contribution is -0.116. The molecule has 8 heteroatoms. The molecule has 3 aromatic carbocycles. The number of thioether (sulfide) groups is 1. The second-order valence-corrected chi connectivity index (χ2v) is 11.6. The van der Waals surface area contributed by atoms with Crippen LogP contribution in [0.4, 0.5) is 10.1 Å². The van der Waals surface area contributed by atoms with E-state index in [1.807, 2.05) is 19.9 Å². The Morgan fingerprint density at radius 3 is 2.59 bits per heavy atom. The molecule has 4 nitrogen and oxygen atoms in total. The van der Waals surface area contributed by atoms with Crippen LogP contribution in [0.1, 0.15) is 47.4 Å². The van der Waals surface area contributed by atoms with Gasteiger partial charge < -0.3 is 5.73 Å². The first-order valence-electron chi connectivity index (χ1n) is 12.6. The zero-order valence-corrected chi connectivity index (χ0v) is 23.9. The summed E-state index contributed by atoms with van der Waals surface area (Å²) in [5.74, 6) is 0.0651. The van der Waals surface area contributed by atoms with Gasteiger partial charge in [0.2, 0.25) is 0 Å². The summed E-state index contributed by atoms with van der Waals surface area (Å²) in [5.41, 5.74) is 13.0. The molecule has 1 atom stereocenters. The molecule has 198 valence electrons. The molecule has 0 aromatic heterocycles. The molecule has 1 heterocycles. The summed E-state index contributed by atoms with van der Waals surface area (Å²) < 4.78 is 13.4. The van der Waals surface area contributed by atoms with Crippen molar-refractivity contribution in [1.29, 1.82) is 5.26 Å². The number of anilines is 1. The van der Waals surface area contributed by atoms with Crippen LogP contribution >= 0.6 is 35.0 Å². The smallest absolute Gasteiger partial charge is 0.161 e. The van der Waals surface area contributed by atoms with Crippen molar-refractivity contribution in [2.75, 3.05) is 4.90 Å². The number of nitrogens with zero attached hydrogens (tertiary/aromatic N) is 2. The maximum atomic E-state index is 13.6. The Hall–Kier alpha value is -3.24. The number of Topliss-reactive ketones (excluding diaryl/α,β-unsaturated/α-hetero) is 1. The molecule has 2 N–H and O–H groups in total. The minimum Gasteiger partial charge on any atom is -0.384 e. The average molecular weight is 579 g/mol. The number of carbonyl (C=O) groups is 1. The predicted octanol–water partition coefficient (Wildman–Crippen LogP) is 8.35. The van der Waals surface area contributed by atoms with Crippen LogP contribution in [-0.2, 0) is 10.5 Å². The van der Waals surface area contributed by atoms with Crippen molar-refractivity contribution in [2.45, 2.75) is 49.7 Å². The fourth-order valence-electron chi connectivity index (χ4n) is 5.44. The predicted molar refractivity (Wildman–Crippen MR) is 156 cm³/mol. The van der Waals surface area contributed by atoms with E-state index in [1.165, 1.54) is 12.1 Å². The highest BCUT2D eigenvalue weighted by molar-refractivity contribution is 7.98. The van der Waals surface area contributed by atoms with Crippen molar-refractivity contribution in [3.8, 4) is 6.07 Å². The molecule has 3 aromatic rings. The van der Waals surface area contributed by atoms with Crippen LogP contribution in [0.5, 0.6) is 0 Å². The lowest BCUT2D eigenvalue weighted by Crippen LogP contribution is -2.39. The Morgan fingerprint density at radius 2 is 1.87 bits per heavy atom. The Morgan fingerprint density at radius 1 is 1.13 bits per heavy atom. The van der Waals surface area contributed by atoms with E-state index in [9.17, 15) is 14.4 Å². The molecule has 0 radical (unpaired) electrons. The quantitative estimate of drug-likeness (QED) is 0.308. The van der Waals surface area contributed by atoms with Gasteiger partial charge in [0.05, 0.1) is 33.3 Å². The van der Waals surface area contributed by atoms with Gasteiger partial charge >= 0.3 is 0 Å². The van der Waals surface area contributed by atoms with Crippen molar-refractivity contribution < 1.29 is 9.18 Å². The van der Waals surface area contributed by atoms with Gasteiger partial charge in [-0.1, -0.05) is 47.0 Å². The van der Waals surface area contributed by atoms with Crippen molar-refractivity contribution in [1.82, 2.24) is 0 Å². The first kappa shape index (κ1) is 27.3. The Balaban J connectivity index is 1.65. The van der Waals surface area contributed by atoms with Gasteiger partial charge in [-0.2, -0.15) is 5.26 Å². The van der Waals surface area contributed by atoms with Gasteiger partial charge in [-0.15, -0.1) is 11.8 Å². The molecule has 2 aliphatic rings. The highest BCUT2D eigenvalue weighted by Crippen LogP contribution is 2.49. The highest BCUT2D eigenvalue weighted by Gasteiger charge is 2.41. The maximum absolute atomic E-state index is 13.6. The first-order valence-corrected chi connectivity index (χ1v) is 14.3. The zero-order chi connectivity index (χ0) is 27.8. The summed E-state index contributed by atoms with van der Waals surface area (Å²) in [6.07, 6.45) is 1.71. The minimum atomic E-state index is -0.582. The van der Waals surface area contributed by atoms with Gasteiger partial charge in [-0.3, -0.25) is 9.69 Å². The molecular weight excluding hydrogens is 552 g/mol. The van der Waals surface area contributed by atoms with Gasteiger partial charge in [0.25, 0.3) is 0 Å². The number of nitriles is 1. The molecule has 1 aliphatic carbocycles. The Labute approximate surface area is 241 Å². The minimum absolute atomic E-state index is 0.00722. The molecule has 0 saturated carbocycles. The standard InChI is InChI=1S/C31H26Cl2FN3OS/c1-17-13-19(16-39-21-11-9-20(34)10-12-21)18(2)22(14-17)28-23(15-35)31(36)37(25-6-4-8-27(38)29(25)28)26-7-3-5-24(32)30(26)33/h3,5,7,9-14,28H,4,6,8,16,36H2,1-2H3. The van der Waals surface area contributed by atoms with Crippen molar-refractivity contribution >= 4 is 46.4 Å². The van der Waals surface area contributed by atoms with E-state index in [4.69, 9.17) is 28.9 Å². The summed E-state index contributed by atoms with van der Waals surface area (Å²) >= 11 is 14.5. The third-order valence-electron chi connectivity index (χ3n) is 7.30. The molecule has 0 amide bonds. The van der Waals surface area contributed by atoms with E-state index in [2.05, 4.69) is 12.1 Å². The van der Waals surface area contributed by atoms with Crippen molar-refractivity contribution in [3.05, 3.63) is 115 Å². The van der Waals surface area contributed by atoms with Crippen LogP contribution in [-0.4, -0.2) is 5.78 Å². The van der Waals surface area contributed by atoms with Crippen LogP contribution in [0.25, 0.3) is 0 Å². The summed E-state index contributed by atoms with van der Waals surface area (Å²) in [6.45, 7) is 4.03. The monoisotopic (exact) mass is 577 g/mol. The van der Waals surface area contributed by atoms with E-state index < -0.39 is 5.92 Å². The molecule has 0 saturated heterocycles. The van der Waals surface area contributed by atoms with Crippen LogP contribution in [0.15, 0.2) is 82.2 Å². The van der Waals surface area contributed by atoms with Crippen molar-refractivity contribution in [3.63, 3.8) is 0 Å². The van der Waals surface area contributed by atoms with E-state index in [-0.39, 0.29) is 17.4 Å². The molecular formula is C31H26Cl2FN3OS. The average Bonchev–Trinajstić information content (AvgIpc) is 2.91. The molecule has 1 aliphatic heterocycles. The fraction of sp³-hybridized carbons (Fsp3) is 0.226. The van der Waals surface area contributed by atoms with E-state index in [0.29, 0.717) is 51.9 Å². The molecule has 0 spiro atoms. The largest absolute Gasteiger partial charge is 0.384 e. The van der Waals surface area contributed by atoms with E-state index in [1.54, 1.807) is 47.0 Å². The number of aryl methyl sites for hydroxylation is 1. The van der Waals surface area contributed by atoms with Gasteiger partial charge in [-0.05, 0) is 79.8 Å². The third kappa shape index (κ3) is 5.07. The molecule has 0 bridgehead atoms. The number of carbonyl (C=O) groups excluding carboxylic acids is 1. The number of nitrogens with two attached hydrogens (primary N) is 1. The van der Waals surface area contributed by atoms with Crippen LogP contribution in [0, 0.1) is 31.0 Å².